The molecule has 2 aromatic rings. The van der Waals surface area contributed by atoms with Gasteiger partial charge >= 0.3 is 0 Å². The molecule has 0 amide bonds. The molecule has 0 radical (unpaired) electrons. The van der Waals surface area contributed by atoms with E-state index in [4.69, 9.17) is 16.3 Å². The van der Waals surface area contributed by atoms with Crippen molar-refractivity contribution in [3.63, 3.8) is 0 Å². The van der Waals surface area contributed by atoms with Crippen molar-refractivity contribution in [2.24, 2.45) is 0 Å². The van der Waals surface area contributed by atoms with Crippen molar-refractivity contribution in [3.8, 4) is 11.5 Å². The number of likely N-dealkylation sites (N-methyl/N-ethyl adjacent to an activating group) is 1. The smallest absolute Gasteiger partial charge is 0.127 e. The van der Waals surface area contributed by atoms with Gasteiger partial charge in [0.25, 0.3) is 0 Å². The molecule has 0 aliphatic carbocycles. The Kier molecular flexibility index (Phi) is 8.96. The molecule has 0 aliphatic rings. The molecule has 2 rings (SSSR count). The number of nitrogens with zero attached hydrogens (tertiary/aromatic N) is 1. The monoisotopic (exact) mass is 374 g/mol. The van der Waals surface area contributed by atoms with Crippen LogP contribution in [0.5, 0.6) is 11.5 Å². The Hall–Kier alpha value is -1.55. The van der Waals surface area contributed by atoms with Crippen molar-refractivity contribution in [1.29, 1.82) is 0 Å². The maximum absolute atomic E-state index is 5.90. The lowest BCUT2D eigenvalue weighted by Crippen LogP contribution is -2.32. The van der Waals surface area contributed by atoms with Crippen LogP contribution in [0.1, 0.15) is 38.7 Å². The minimum Gasteiger partial charge on any atom is -0.457 e. The summed E-state index contributed by atoms with van der Waals surface area (Å²) in [6.07, 6.45) is 1.13. The summed E-state index contributed by atoms with van der Waals surface area (Å²) in [5.41, 5.74) is 1.35. The molecule has 0 bridgehead atoms. The topological polar surface area (TPSA) is 24.5 Å². The van der Waals surface area contributed by atoms with Crippen LogP contribution in [0.25, 0.3) is 0 Å². The van der Waals surface area contributed by atoms with Crippen molar-refractivity contribution in [2.75, 3.05) is 32.7 Å². The number of benzene rings is 2. The fraction of sp³-hybridized carbons (Fsp3) is 0.455. The van der Waals surface area contributed by atoms with E-state index in [1.54, 1.807) is 0 Å². The number of hydrogen-bond donors (Lipinski definition) is 1. The molecule has 3 nitrogen and oxygen atoms in total. The van der Waals surface area contributed by atoms with Crippen LogP contribution in [-0.2, 0) is 0 Å². The van der Waals surface area contributed by atoms with Crippen molar-refractivity contribution < 1.29 is 4.74 Å². The van der Waals surface area contributed by atoms with Gasteiger partial charge in [0.05, 0.1) is 0 Å². The molecule has 1 atom stereocenters. The van der Waals surface area contributed by atoms with E-state index < -0.39 is 0 Å². The van der Waals surface area contributed by atoms with Gasteiger partial charge in [-0.05, 0) is 73.9 Å². The molecule has 0 spiro atoms. The molecule has 4 heteroatoms. The summed E-state index contributed by atoms with van der Waals surface area (Å²) in [4.78, 5) is 2.44. The summed E-state index contributed by atoms with van der Waals surface area (Å²) in [7, 11) is 0. The van der Waals surface area contributed by atoms with Crippen molar-refractivity contribution in [3.05, 3.63) is 59.1 Å². The lowest BCUT2D eigenvalue weighted by atomic mass is 9.98. The van der Waals surface area contributed by atoms with Crippen LogP contribution >= 0.6 is 11.6 Å². The van der Waals surface area contributed by atoms with E-state index in [9.17, 15) is 0 Å². The van der Waals surface area contributed by atoms with Crippen LogP contribution in [0.2, 0.25) is 5.02 Å². The molecule has 0 saturated heterocycles. The van der Waals surface area contributed by atoms with E-state index >= 15 is 0 Å². The fourth-order valence-electron chi connectivity index (χ4n) is 2.89. The predicted molar refractivity (Wildman–Crippen MR) is 112 cm³/mol. The Morgan fingerprint density at radius 2 is 1.50 bits per heavy atom. The first-order chi connectivity index (χ1) is 12.6. The summed E-state index contributed by atoms with van der Waals surface area (Å²) in [6, 6.07) is 15.8. The number of hydrogen-bond acceptors (Lipinski definition) is 3. The van der Waals surface area contributed by atoms with E-state index in [1.165, 1.54) is 5.56 Å². The number of nitrogens with one attached hydrogen (secondary N) is 1. The van der Waals surface area contributed by atoms with Crippen LogP contribution in [0, 0.1) is 0 Å². The Bertz CT molecular complexity index is 624. The Balaban J connectivity index is 1.74. The molecule has 0 saturated carbocycles. The maximum atomic E-state index is 5.90. The Labute approximate surface area is 163 Å². The standard InChI is InChI=1S/C22H31ClN2O/c1-4-25(5-2)17-16-24-15-14-18(3)19-6-10-21(11-7-19)26-22-12-8-20(23)9-13-22/h6-13,18,24H,4-5,14-17H2,1-3H3. The molecule has 0 aromatic heterocycles. The van der Waals surface area contributed by atoms with E-state index in [2.05, 4.69) is 43.1 Å². The zero-order chi connectivity index (χ0) is 18.8. The highest BCUT2D eigenvalue weighted by atomic mass is 35.5. The highest BCUT2D eigenvalue weighted by Crippen LogP contribution is 2.26. The van der Waals surface area contributed by atoms with Crippen molar-refractivity contribution in [1.82, 2.24) is 10.2 Å². The maximum Gasteiger partial charge on any atom is 0.127 e. The molecule has 26 heavy (non-hydrogen) atoms. The highest BCUT2D eigenvalue weighted by molar-refractivity contribution is 6.30. The largest absolute Gasteiger partial charge is 0.457 e. The first-order valence-corrected chi connectivity index (χ1v) is 9.96. The summed E-state index contributed by atoms with van der Waals surface area (Å²) in [5.74, 6) is 2.17. The van der Waals surface area contributed by atoms with Crippen LogP contribution < -0.4 is 10.1 Å². The lowest BCUT2D eigenvalue weighted by molar-refractivity contribution is 0.302. The molecule has 1 unspecified atom stereocenters. The van der Waals surface area contributed by atoms with Crippen LogP contribution in [0.4, 0.5) is 0 Å². The van der Waals surface area contributed by atoms with E-state index in [-0.39, 0.29) is 0 Å². The van der Waals surface area contributed by atoms with Gasteiger partial charge in [0.15, 0.2) is 0 Å². The van der Waals surface area contributed by atoms with E-state index in [0.717, 1.165) is 50.6 Å². The van der Waals surface area contributed by atoms with Gasteiger partial charge in [-0.3, -0.25) is 0 Å². The third kappa shape index (κ3) is 6.99. The molecular formula is C22H31ClN2O. The molecule has 0 aliphatic heterocycles. The second-order valence-electron chi connectivity index (χ2n) is 6.59. The summed E-state index contributed by atoms with van der Waals surface area (Å²) in [5, 5.41) is 4.27. The van der Waals surface area contributed by atoms with Gasteiger partial charge in [-0.2, -0.15) is 0 Å². The Morgan fingerprint density at radius 3 is 2.08 bits per heavy atom. The third-order valence-corrected chi connectivity index (χ3v) is 5.00. The normalized spacial score (nSPS) is 12.3. The highest BCUT2D eigenvalue weighted by Gasteiger charge is 2.06. The van der Waals surface area contributed by atoms with Crippen LogP contribution in [0.15, 0.2) is 48.5 Å². The number of halogens is 1. The lowest BCUT2D eigenvalue weighted by Gasteiger charge is -2.18. The fourth-order valence-corrected chi connectivity index (χ4v) is 3.02. The zero-order valence-corrected chi connectivity index (χ0v) is 16.9. The van der Waals surface area contributed by atoms with Gasteiger partial charge in [-0.25, -0.2) is 0 Å². The molecule has 142 valence electrons. The van der Waals surface area contributed by atoms with Gasteiger partial charge in [-0.1, -0.05) is 44.5 Å². The summed E-state index contributed by atoms with van der Waals surface area (Å²) in [6.45, 7) is 12.2. The van der Waals surface area contributed by atoms with Gasteiger partial charge in [0.2, 0.25) is 0 Å². The predicted octanol–water partition coefficient (Wildman–Crippen LogP) is 5.56. The number of rotatable bonds is 11. The SMILES string of the molecule is CCN(CC)CCNCCC(C)c1ccc(Oc2ccc(Cl)cc2)cc1. The molecular weight excluding hydrogens is 344 g/mol. The summed E-state index contributed by atoms with van der Waals surface area (Å²) < 4.78 is 5.85. The quantitative estimate of drug-likeness (QED) is 0.521. The molecule has 1 N–H and O–H groups in total. The summed E-state index contributed by atoms with van der Waals surface area (Å²) >= 11 is 5.90. The second-order valence-corrected chi connectivity index (χ2v) is 7.03. The number of ether oxygens (including phenoxy) is 1. The third-order valence-electron chi connectivity index (χ3n) is 4.75. The van der Waals surface area contributed by atoms with E-state index in [0.29, 0.717) is 10.9 Å². The zero-order valence-electron chi connectivity index (χ0n) is 16.2. The molecule has 0 heterocycles. The Morgan fingerprint density at radius 1 is 0.923 bits per heavy atom. The second kappa shape index (κ2) is 11.2. The van der Waals surface area contributed by atoms with Crippen molar-refractivity contribution >= 4 is 11.6 Å². The first-order valence-electron chi connectivity index (χ1n) is 9.58. The van der Waals surface area contributed by atoms with Crippen LogP contribution in [-0.4, -0.2) is 37.6 Å². The first kappa shape index (κ1) is 20.8. The van der Waals surface area contributed by atoms with Crippen molar-refractivity contribution in [2.45, 2.75) is 33.1 Å². The van der Waals surface area contributed by atoms with Gasteiger partial charge < -0.3 is 15.0 Å². The average Bonchev–Trinajstić information content (AvgIpc) is 2.67. The van der Waals surface area contributed by atoms with Gasteiger partial charge in [0, 0.05) is 18.1 Å². The van der Waals surface area contributed by atoms with Gasteiger partial charge in [-0.15, -0.1) is 0 Å². The van der Waals surface area contributed by atoms with Crippen LogP contribution in [0.3, 0.4) is 0 Å². The molecule has 2 aromatic carbocycles. The minimum absolute atomic E-state index is 0.528. The molecule has 0 fully saturated rings. The van der Waals surface area contributed by atoms with Gasteiger partial charge in [0.1, 0.15) is 11.5 Å². The minimum atomic E-state index is 0.528. The van der Waals surface area contributed by atoms with E-state index in [1.807, 2.05) is 36.4 Å². The average molecular weight is 375 g/mol.